The molecule has 0 bridgehead atoms. The van der Waals surface area contributed by atoms with Crippen molar-refractivity contribution in [1.29, 1.82) is 0 Å². The minimum absolute atomic E-state index is 0.316. The first-order chi connectivity index (χ1) is 14.7. The second-order valence-electron chi connectivity index (χ2n) is 7.88. The third-order valence-electron chi connectivity index (χ3n) is 5.61. The van der Waals surface area contributed by atoms with Crippen molar-refractivity contribution in [2.45, 2.75) is 44.8 Å². The van der Waals surface area contributed by atoms with Gasteiger partial charge in [0.15, 0.2) is 5.69 Å². The van der Waals surface area contributed by atoms with E-state index >= 15 is 0 Å². The SMILES string of the molecule is COc1cc2nn(C3CCC(C)CC3)cc2cc1NC(=O)c1cncc(C(F)(F)F)n1. The number of hydrogen-bond donors (Lipinski definition) is 1. The number of halogens is 3. The first-order valence-corrected chi connectivity index (χ1v) is 10.0. The van der Waals surface area contributed by atoms with Gasteiger partial charge in [0.05, 0.1) is 36.7 Å². The maximum atomic E-state index is 12.9. The fourth-order valence-corrected chi connectivity index (χ4v) is 3.83. The number of carbonyl (C=O) groups is 1. The van der Waals surface area contributed by atoms with Crippen molar-refractivity contribution in [3.05, 3.63) is 42.1 Å². The molecule has 1 N–H and O–H groups in total. The zero-order chi connectivity index (χ0) is 22.2. The fraction of sp³-hybridized carbons (Fsp3) is 0.429. The molecule has 0 aliphatic heterocycles. The molecule has 3 aromatic rings. The standard InChI is InChI=1S/C21H22F3N5O2/c1-12-3-5-14(6-4-12)29-11-13-7-16(18(31-2)8-15(13)28-29)27-20(30)17-9-25-10-19(26-17)21(22,23)24/h7-12,14H,3-6H2,1-2H3,(H,27,30). The smallest absolute Gasteiger partial charge is 0.434 e. The first kappa shape index (κ1) is 21.1. The van der Waals surface area contributed by atoms with Gasteiger partial charge in [-0.05, 0) is 37.7 Å². The highest BCUT2D eigenvalue weighted by atomic mass is 19.4. The van der Waals surface area contributed by atoms with Gasteiger partial charge in [0, 0.05) is 17.6 Å². The summed E-state index contributed by atoms with van der Waals surface area (Å²) in [6, 6.07) is 3.72. The second-order valence-corrected chi connectivity index (χ2v) is 7.88. The highest BCUT2D eigenvalue weighted by Crippen LogP contribution is 2.35. The van der Waals surface area contributed by atoms with Crippen LogP contribution in [0.1, 0.15) is 54.8 Å². The Morgan fingerprint density at radius 2 is 1.94 bits per heavy atom. The van der Waals surface area contributed by atoms with Gasteiger partial charge in [-0.3, -0.25) is 14.5 Å². The van der Waals surface area contributed by atoms with Crippen molar-refractivity contribution in [3.63, 3.8) is 0 Å². The van der Waals surface area contributed by atoms with E-state index in [0.29, 0.717) is 29.2 Å². The van der Waals surface area contributed by atoms with E-state index in [9.17, 15) is 18.0 Å². The van der Waals surface area contributed by atoms with Crippen LogP contribution in [0.25, 0.3) is 10.9 Å². The van der Waals surface area contributed by atoms with E-state index in [1.165, 1.54) is 7.11 Å². The number of nitrogens with one attached hydrogen (secondary N) is 1. The molecular formula is C21H22F3N5O2. The lowest BCUT2D eigenvalue weighted by molar-refractivity contribution is -0.141. The van der Waals surface area contributed by atoms with Crippen LogP contribution in [0.15, 0.2) is 30.7 Å². The average molecular weight is 433 g/mol. The molecule has 1 aliphatic rings. The molecule has 31 heavy (non-hydrogen) atoms. The number of aromatic nitrogens is 4. The summed E-state index contributed by atoms with van der Waals surface area (Å²) in [7, 11) is 1.44. The lowest BCUT2D eigenvalue weighted by Crippen LogP contribution is -2.18. The van der Waals surface area contributed by atoms with Crippen molar-refractivity contribution in [3.8, 4) is 5.75 Å². The van der Waals surface area contributed by atoms with E-state index in [0.717, 1.165) is 43.2 Å². The van der Waals surface area contributed by atoms with Gasteiger partial charge in [-0.25, -0.2) is 4.98 Å². The number of anilines is 1. The molecule has 1 amide bonds. The number of ether oxygens (including phenoxy) is 1. The van der Waals surface area contributed by atoms with Gasteiger partial charge in [-0.2, -0.15) is 18.3 Å². The Morgan fingerprint density at radius 3 is 2.61 bits per heavy atom. The van der Waals surface area contributed by atoms with Crippen LogP contribution in [0.5, 0.6) is 5.75 Å². The molecule has 10 heteroatoms. The Kier molecular flexibility index (Phi) is 5.55. The van der Waals surface area contributed by atoms with E-state index < -0.39 is 23.5 Å². The molecule has 0 radical (unpaired) electrons. The Bertz CT molecular complexity index is 1100. The van der Waals surface area contributed by atoms with Gasteiger partial charge in [-0.15, -0.1) is 0 Å². The van der Waals surface area contributed by atoms with Crippen LogP contribution in [0.4, 0.5) is 18.9 Å². The molecule has 164 valence electrons. The molecule has 0 spiro atoms. The molecule has 0 saturated heterocycles. The lowest BCUT2D eigenvalue weighted by Gasteiger charge is -2.26. The molecule has 1 aliphatic carbocycles. The quantitative estimate of drug-likeness (QED) is 0.636. The van der Waals surface area contributed by atoms with Crippen molar-refractivity contribution in [1.82, 2.24) is 19.7 Å². The number of methoxy groups -OCH3 is 1. The van der Waals surface area contributed by atoms with Crippen LogP contribution in [-0.4, -0.2) is 32.8 Å². The minimum atomic E-state index is -4.69. The number of fused-ring (bicyclic) bond motifs is 1. The number of nitrogens with zero attached hydrogens (tertiary/aromatic N) is 4. The van der Waals surface area contributed by atoms with Crippen LogP contribution < -0.4 is 10.1 Å². The fourth-order valence-electron chi connectivity index (χ4n) is 3.83. The molecule has 0 atom stereocenters. The monoisotopic (exact) mass is 433 g/mol. The molecule has 1 aromatic carbocycles. The van der Waals surface area contributed by atoms with Crippen LogP contribution in [0, 0.1) is 5.92 Å². The summed E-state index contributed by atoms with van der Waals surface area (Å²) in [4.78, 5) is 19.4. The van der Waals surface area contributed by atoms with Gasteiger partial charge in [0.25, 0.3) is 5.91 Å². The number of amides is 1. The molecule has 4 rings (SSSR count). The van der Waals surface area contributed by atoms with E-state index in [4.69, 9.17) is 4.74 Å². The predicted molar refractivity (Wildman–Crippen MR) is 108 cm³/mol. The summed E-state index contributed by atoms with van der Waals surface area (Å²) >= 11 is 0. The summed E-state index contributed by atoms with van der Waals surface area (Å²) in [6.07, 6.45) is 3.23. The van der Waals surface area contributed by atoms with Gasteiger partial charge in [-0.1, -0.05) is 6.92 Å². The van der Waals surface area contributed by atoms with E-state index in [-0.39, 0.29) is 0 Å². The van der Waals surface area contributed by atoms with Gasteiger partial charge in [0.2, 0.25) is 0 Å². The highest BCUT2D eigenvalue weighted by molar-refractivity contribution is 6.04. The summed E-state index contributed by atoms with van der Waals surface area (Å²) in [5.41, 5.74) is -0.641. The molecule has 1 saturated carbocycles. The van der Waals surface area contributed by atoms with E-state index in [1.807, 2.05) is 10.9 Å². The van der Waals surface area contributed by atoms with Gasteiger partial charge >= 0.3 is 6.18 Å². The Hall–Kier alpha value is -3.17. The summed E-state index contributed by atoms with van der Waals surface area (Å²) in [5.74, 6) is 0.260. The normalized spacial score (nSPS) is 19.4. The Morgan fingerprint density at radius 1 is 1.19 bits per heavy atom. The third-order valence-corrected chi connectivity index (χ3v) is 5.61. The van der Waals surface area contributed by atoms with Crippen molar-refractivity contribution < 1.29 is 22.7 Å². The number of hydrogen-bond acceptors (Lipinski definition) is 5. The molecule has 2 aromatic heterocycles. The van der Waals surface area contributed by atoms with E-state index in [1.54, 1.807) is 12.1 Å². The number of benzene rings is 1. The molecule has 7 nitrogen and oxygen atoms in total. The molecular weight excluding hydrogens is 411 g/mol. The number of carbonyl (C=O) groups excluding carboxylic acids is 1. The van der Waals surface area contributed by atoms with Crippen molar-refractivity contribution >= 4 is 22.5 Å². The van der Waals surface area contributed by atoms with Crippen LogP contribution in [0.3, 0.4) is 0 Å². The van der Waals surface area contributed by atoms with E-state index in [2.05, 4.69) is 27.3 Å². The van der Waals surface area contributed by atoms with Gasteiger partial charge in [0.1, 0.15) is 11.4 Å². The molecule has 0 unspecified atom stereocenters. The maximum absolute atomic E-state index is 12.9. The molecule has 1 fully saturated rings. The minimum Gasteiger partial charge on any atom is -0.494 e. The average Bonchev–Trinajstić information content (AvgIpc) is 3.16. The Labute approximate surface area is 176 Å². The number of alkyl halides is 3. The largest absolute Gasteiger partial charge is 0.494 e. The topological polar surface area (TPSA) is 81.9 Å². The van der Waals surface area contributed by atoms with Crippen LogP contribution in [-0.2, 0) is 6.18 Å². The third kappa shape index (κ3) is 4.47. The predicted octanol–water partition coefficient (Wildman–Crippen LogP) is 4.86. The van der Waals surface area contributed by atoms with Crippen LogP contribution >= 0.6 is 0 Å². The summed E-state index contributed by atoms with van der Waals surface area (Å²) < 4.78 is 45.9. The lowest BCUT2D eigenvalue weighted by atomic mass is 9.87. The van der Waals surface area contributed by atoms with Gasteiger partial charge < -0.3 is 10.1 Å². The Balaban J connectivity index is 1.60. The number of rotatable bonds is 4. The zero-order valence-electron chi connectivity index (χ0n) is 17.1. The summed E-state index contributed by atoms with van der Waals surface area (Å²) in [5, 5.41) is 8.03. The first-order valence-electron chi connectivity index (χ1n) is 10.0. The highest BCUT2D eigenvalue weighted by Gasteiger charge is 2.33. The van der Waals surface area contributed by atoms with Crippen molar-refractivity contribution in [2.75, 3.05) is 12.4 Å². The molecule has 2 heterocycles. The maximum Gasteiger partial charge on any atom is 0.434 e. The van der Waals surface area contributed by atoms with Crippen LogP contribution in [0.2, 0.25) is 0 Å². The zero-order valence-corrected chi connectivity index (χ0v) is 17.1. The summed E-state index contributed by atoms with van der Waals surface area (Å²) in [6.45, 7) is 2.25. The van der Waals surface area contributed by atoms with Crippen molar-refractivity contribution in [2.24, 2.45) is 5.92 Å². The second kappa shape index (κ2) is 8.16.